The fourth-order valence-electron chi connectivity index (χ4n) is 1.46. The number of thioether (sulfide) groups is 1. The van der Waals surface area contributed by atoms with E-state index in [1.165, 1.54) is 35.2 Å². The molecule has 0 fully saturated rings. The summed E-state index contributed by atoms with van der Waals surface area (Å²) < 4.78 is 0.708. The molecule has 118 valence electrons. The lowest BCUT2D eigenvalue weighted by atomic mass is 10.3. The second-order valence-electron chi connectivity index (χ2n) is 3.98. The molecule has 2 N–H and O–H groups in total. The fraction of sp³-hybridized carbons (Fsp3) is 0.250. The van der Waals surface area contributed by atoms with Crippen molar-refractivity contribution in [1.29, 1.82) is 0 Å². The quantitative estimate of drug-likeness (QED) is 0.694. The van der Waals surface area contributed by atoms with Crippen molar-refractivity contribution < 1.29 is 4.79 Å². The van der Waals surface area contributed by atoms with Crippen molar-refractivity contribution in [1.82, 2.24) is 10.2 Å². The first-order valence-electron chi connectivity index (χ1n) is 6.14. The van der Waals surface area contributed by atoms with Gasteiger partial charge in [0.05, 0.1) is 21.5 Å². The van der Waals surface area contributed by atoms with E-state index in [9.17, 15) is 4.79 Å². The van der Waals surface area contributed by atoms with Crippen LogP contribution < -0.4 is 10.6 Å². The molecule has 2 rings (SSSR count). The number of carbonyl (C=O) groups is 1. The fourth-order valence-corrected chi connectivity index (χ4v) is 3.99. The van der Waals surface area contributed by atoms with Crippen LogP contribution in [0.4, 0.5) is 10.8 Å². The average molecular weight is 398 g/mol. The van der Waals surface area contributed by atoms with Crippen molar-refractivity contribution in [3.05, 3.63) is 27.2 Å². The van der Waals surface area contributed by atoms with E-state index in [2.05, 4.69) is 20.8 Å². The van der Waals surface area contributed by atoms with E-state index in [0.29, 0.717) is 25.1 Å². The Balaban J connectivity index is 1.93. The van der Waals surface area contributed by atoms with Gasteiger partial charge in [0.25, 0.3) is 0 Å². The molecule has 0 aliphatic rings. The maximum absolute atomic E-state index is 12.0. The lowest BCUT2D eigenvalue weighted by Gasteiger charge is -2.09. The van der Waals surface area contributed by atoms with E-state index in [-0.39, 0.29) is 11.7 Å². The zero-order valence-electron chi connectivity index (χ0n) is 11.3. The van der Waals surface area contributed by atoms with E-state index in [1.54, 1.807) is 0 Å². The summed E-state index contributed by atoms with van der Waals surface area (Å²) in [6.07, 6.45) is 0. The minimum Gasteiger partial charge on any atom is -0.360 e. The third-order valence-electron chi connectivity index (χ3n) is 2.33. The Bertz CT molecular complexity index is 657. The lowest BCUT2D eigenvalue weighted by Crippen LogP contribution is -2.14. The molecule has 1 amide bonds. The minimum atomic E-state index is -0.240. The largest absolute Gasteiger partial charge is 0.360 e. The van der Waals surface area contributed by atoms with Gasteiger partial charge in [-0.25, -0.2) is 0 Å². The molecule has 1 aromatic heterocycles. The Kier molecular flexibility index (Phi) is 6.58. The van der Waals surface area contributed by atoms with E-state index in [4.69, 9.17) is 34.8 Å². The number of hydrogen-bond acceptors (Lipinski definition) is 6. The topological polar surface area (TPSA) is 66.9 Å². The maximum Gasteiger partial charge on any atom is 0.234 e. The Morgan fingerprint density at radius 1 is 1.27 bits per heavy atom. The van der Waals surface area contributed by atoms with Gasteiger partial charge in [-0.2, -0.15) is 0 Å². The molecule has 0 bridgehead atoms. The van der Waals surface area contributed by atoms with Crippen LogP contribution in [0.2, 0.25) is 15.1 Å². The summed E-state index contributed by atoms with van der Waals surface area (Å²) in [5, 5.41) is 15.4. The average Bonchev–Trinajstić information content (AvgIpc) is 2.89. The van der Waals surface area contributed by atoms with Gasteiger partial charge < -0.3 is 10.6 Å². The second-order valence-corrected chi connectivity index (χ2v) is 7.44. The van der Waals surface area contributed by atoms with Gasteiger partial charge >= 0.3 is 0 Å². The van der Waals surface area contributed by atoms with Crippen LogP contribution in [-0.4, -0.2) is 28.4 Å². The van der Waals surface area contributed by atoms with Crippen molar-refractivity contribution in [3.8, 4) is 0 Å². The molecule has 0 aliphatic carbocycles. The van der Waals surface area contributed by atoms with Crippen molar-refractivity contribution in [2.24, 2.45) is 0 Å². The highest BCUT2D eigenvalue weighted by molar-refractivity contribution is 8.01. The number of rotatable bonds is 6. The number of aromatic nitrogens is 2. The Morgan fingerprint density at radius 3 is 2.59 bits per heavy atom. The van der Waals surface area contributed by atoms with Crippen LogP contribution in [0.3, 0.4) is 0 Å². The van der Waals surface area contributed by atoms with E-state index >= 15 is 0 Å². The van der Waals surface area contributed by atoms with Crippen molar-refractivity contribution in [3.63, 3.8) is 0 Å². The molecule has 0 saturated heterocycles. The predicted molar refractivity (Wildman–Crippen MR) is 94.9 cm³/mol. The monoisotopic (exact) mass is 396 g/mol. The third kappa shape index (κ3) is 4.89. The first-order valence-corrected chi connectivity index (χ1v) is 9.07. The highest BCUT2D eigenvalue weighted by atomic mass is 35.5. The summed E-state index contributed by atoms with van der Waals surface area (Å²) in [6, 6.07) is 3.04. The number of nitrogens with zero attached hydrogens (tertiary/aromatic N) is 2. The zero-order valence-corrected chi connectivity index (χ0v) is 15.2. The molecular weight excluding hydrogens is 387 g/mol. The molecule has 1 heterocycles. The molecule has 0 radical (unpaired) electrons. The molecule has 0 spiro atoms. The normalized spacial score (nSPS) is 10.5. The van der Waals surface area contributed by atoms with Gasteiger partial charge in [0.1, 0.15) is 0 Å². The van der Waals surface area contributed by atoms with Gasteiger partial charge in [-0.05, 0) is 19.1 Å². The molecule has 0 unspecified atom stereocenters. The number of hydrogen-bond donors (Lipinski definition) is 2. The van der Waals surface area contributed by atoms with Crippen LogP contribution in [0.5, 0.6) is 0 Å². The van der Waals surface area contributed by atoms with Crippen LogP contribution in [0.25, 0.3) is 0 Å². The summed E-state index contributed by atoms with van der Waals surface area (Å²) in [6.45, 7) is 2.74. The first kappa shape index (κ1) is 17.6. The molecule has 22 heavy (non-hydrogen) atoms. The van der Waals surface area contributed by atoms with Gasteiger partial charge in [0.15, 0.2) is 4.34 Å². The van der Waals surface area contributed by atoms with Crippen LogP contribution in [-0.2, 0) is 4.79 Å². The number of benzene rings is 1. The number of halogens is 3. The van der Waals surface area contributed by atoms with Gasteiger partial charge in [0, 0.05) is 11.6 Å². The second kappa shape index (κ2) is 8.21. The van der Waals surface area contributed by atoms with Gasteiger partial charge in [0.2, 0.25) is 11.0 Å². The smallest absolute Gasteiger partial charge is 0.234 e. The highest BCUT2D eigenvalue weighted by Crippen LogP contribution is 2.34. The first-order chi connectivity index (χ1) is 10.5. The van der Waals surface area contributed by atoms with E-state index < -0.39 is 0 Å². The molecule has 5 nitrogen and oxygen atoms in total. The van der Waals surface area contributed by atoms with E-state index in [1.807, 2.05) is 6.92 Å². The van der Waals surface area contributed by atoms with Gasteiger partial charge in [-0.15, -0.1) is 10.2 Å². The van der Waals surface area contributed by atoms with E-state index in [0.717, 1.165) is 11.7 Å². The number of nitrogens with one attached hydrogen (secondary N) is 2. The van der Waals surface area contributed by atoms with Crippen molar-refractivity contribution >= 4 is 74.6 Å². The Hall–Kier alpha value is -0.730. The SMILES string of the molecule is CCNc1nnc(SCC(=O)Nc2c(Cl)cc(Cl)cc2Cl)s1. The molecule has 10 heteroatoms. The molecule has 0 saturated carbocycles. The van der Waals surface area contributed by atoms with Crippen LogP contribution in [0, 0.1) is 0 Å². The Morgan fingerprint density at radius 2 is 1.95 bits per heavy atom. The molecule has 1 aromatic carbocycles. The molecule has 0 atom stereocenters. The van der Waals surface area contributed by atoms with Crippen LogP contribution >= 0.6 is 57.9 Å². The summed E-state index contributed by atoms with van der Waals surface area (Å²) in [7, 11) is 0. The third-order valence-corrected chi connectivity index (χ3v) is 5.16. The van der Waals surface area contributed by atoms with Crippen LogP contribution in [0.15, 0.2) is 16.5 Å². The predicted octanol–water partition coefficient (Wildman–Crippen LogP) is 4.66. The summed E-state index contributed by atoms with van der Waals surface area (Å²) in [5.41, 5.74) is 0.351. The van der Waals surface area contributed by atoms with Crippen LogP contribution in [0.1, 0.15) is 6.92 Å². The summed E-state index contributed by atoms with van der Waals surface area (Å²) in [4.78, 5) is 12.0. The standard InChI is InChI=1S/C12H11Cl3N4OS2/c1-2-16-11-18-19-12(22-11)21-5-9(20)17-10-7(14)3-6(13)4-8(10)15/h3-4H,2,5H2,1H3,(H,16,18)(H,17,20). The molecule has 2 aromatic rings. The van der Waals surface area contributed by atoms with Gasteiger partial charge in [-0.3, -0.25) is 4.79 Å². The number of anilines is 2. The highest BCUT2D eigenvalue weighted by Gasteiger charge is 2.13. The Labute approximate surface area is 150 Å². The lowest BCUT2D eigenvalue weighted by molar-refractivity contribution is -0.113. The summed E-state index contributed by atoms with van der Waals surface area (Å²) in [5.74, 6) is -0.0629. The zero-order chi connectivity index (χ0) is 16.1. The van der Waals surface area contributed by atoms with Gasteiger partial charge in [-0.1, -0.05) is 57.9 Å². The number of amides is 1. The van der Waals surface area contributed by atoms with Crippen molar-refractivity contribution in [2.45, 2.75) is 11.3 Å². The minimum absolute atomic E-state index is 0.177. The maximum atomic E-state index is 12.0. The molecule has 0 aliphatic heterocycles. The summed E-state index contributed by atoms with van der Waals surface area (Å²) >= 11 is 20.5. The van der Waals surface area contributed by atoms with Crippen molar-refractivity contribution in [2.75, 3.05) is 22.9 Å². The molecular formula is C12H11Cl3N4OS2. The number of carbonyl (C=O) groups excluding carboxylic acids is 1.